The van der Waals surface area contributed by atoms with Gasteiger partial charge in [-0.05, 0) is 72.1 Å². The van der Waals surface area contributed by atoms with E-state index in [4.69, 9.17) is 4.74 Å². The second-order valence-corrected chi connectivity index (χ2v) is 11.0. The van der Waals surface area contributed by atoms with Crippen LogP contribution in [0.25, 0.3) is 6.08 Å². The van der Waals surface area contributed by atoms with Gasteiger partial charge in [0.05, 0.1) is 17.9 Å². The molecular weight excluding hydrogens is 891 g/mol. The molecule has 0 aliphatic carbocycles. The van der Waals surface area contributed by atoms with E-state index in [2.05, 4.69) is 22.2 Å². The van der Waals surface area contributed by atoms with E-state index >= 15 is 0 Å². The van der Waals surface area contributed by atoms with Gasteiger partial charge >= 0.3 is 20.1 Å². The summed E-state index contributed by atoms with van der Waals surface area (Å²) < 4.78 is 58.2. The molecule has 10 nitrogen and oxygen atoms in total. The summed E-state index contributed by atoms with van der Waals surface area (Å²) in [7, 11) is 0. The maximum atomic E-state index is 13.6. The monoisotopic (exact) mass is 919 g/mol. The van der Waals surface area contributed by atoms with Crippen LogP contribution in [0, 0.1) is 23.3 Å². The summed E-state index contributed by atoms with van der Waals surface area (Å²) in [6.07, 6.45) is 14.4. The molecule has 2 aliphatic rings. The minimum atomic E-state index is -1.80. The molecule has 0 radical (unpaired) electrons. The molecule has 2 aliphatic heterocycles. The topological polar surface area (TPSA) is 167 Å². The number of carboxylic acids is 3. The van der Waals surface area contributed by atoms with Crippen LogP contribution in [0.4, 0.5) is 17.6 Å². The summed E-state index contributed by atoms with van der Waals surface area (Å²) in [5.41, 5.74) is -2.23. The standard InChI is InChI=1S/C15H13NO3.2C12H9F2NO2.Ir/c1-2-11-5-7-12(8-6-11)10-19-13-4-3-9-16-14(13)15(17)18;2*13-8-3-4-9(10(14)7-8)12(11(16)17)5-1-2-6-15-12;/h2-9H,1,10H2,(H,17,18);2*1-7,15H,(H,16,17);/q;;;+3/p-3. The second-order valence-electron chi connectivity index (χ2n) is 11.0. The minimum absolute atomic E-state index is 0. The first kappa shape index (κ1) is 42.1. The SMILES string of the molecule is C=Cc1ccc(COc2cccnc2C(=O)[O-])cc1.O=C([O-])C1(c2ccc(F)cc2F)C=CC=CN1.O=C([O-])C1(c2ccc(F)cc2F)C=CC=CN1.[Ir+3]. The van der Waals surface area contributed by atoms with Crippen molar-refractivity contribution in [3.63, 3.8) is 0 Å². The van der Waals surface area contributed by atoms with Crippen molar-refractivity contribution in [1.29, 1.82) is 0 Å². The number of carboxylic acid groups (broad SMARTS) is 3. The van der Waals surface area contributed by atoms with Gasteiger partial charge in [0, 0.05) is 29.5 Å². The average molecular weight is 919 g/mol. The normalized spacial score (nSPS) is 17.5. The molecule has 0 saturated heterocycles. The summed E-state index contributed by atoms with van der Waals surface area (Å²) >= 11 is 0. The number of aromatic carboxylic acids is 1. The predicted octanol–water partition coefficient (Wildman–Crippen LogP) is 2.83. The molecule has 0 saturated carbocycles. The number of aromatic nitrogens is 1. The van der Waals surface area contributed by atoms with Crippen molar-refractivity contribution in [2.24, 2.45) is 0 Å². The van der Waals surface area contributed by atoms with Crippen LogP contribution in [0.1, 0.15) is 32.7 Å². The first-order chi connectivity index (χ1) is 25.3. The number of rotatable bonds is 9. The van der Waals surface area contributed by atoms with Gasteiger partial charge in [-0.25, -0.2) is 17.6 Å². The Balaban J connectivity index is 0.000000216. The number of carbonyl (C=O) groups excluding carboxylic acids is 3. The summed E-state index contributed by atoms with van der Waals surface area (Å²) in [6, 6.07) is 16.2. The third-order valence-electron chi connectivity index (χ3n) is 7.66. The molecule has 0 spiro atoms. The molecule has 0 fully saturated rings. The van der Waals surface area contributed by atoms with Gasteiger partial charge in [0.15, 0.2) is 0 Å². The molecule has 0 amide bonds. The van der Waals surface area contributed by atoms with Crippen LogP contribution in [-0.2, 0) is 47.4 Å². The molecule has 278 valence electrons. The van der Waals surface area contributed by atoms with Crippen LogP contribution >= 0.6 is 0 Å². The number of nitrogens with zero attached hydrogens (tertiary/aromatic N) is 1. The Labute approximate surface area is 319 Å². The zero-order valence-electron chi connectivity index (χ0n) is 27.8. The second kappa shape index (κ2) is 19.0. The fourth-order valence-electron chi connectivity index (χ4n) is 4.97. The van der Waals surface area contributed by atoms with E-state index in [-0.39, 0.29) is 49.3 Å². The van der Waals surface area contributed by atoms with E-state index in [1.54, 1.807) is 30.4 Å². The van der Waals surface area contributed by atoms with E-state index in [9.17, 15) is 47.3 Å². The number of hydrogen-bond acceptors (Lipinski definition) is 10. The maximum absolute atomic E-state index is 13.6. The Morgan fingerprint density at radius 1 is 0.741 bits per heavy atom. The van der Waals surface area contributed by atoms with Crippen molar-refractivity contribution < 1.29 is 72.1 Å². The molecule has 3 heterocycles. The number of carbonyl (C=O) groups is 3. The van der Waals surface area contributed by atoms with Gasteiger partial charge in [0.2, 0.25) is 0 Å². The first-order valence-electron chi connectivity index (χ1n) is 15.4. The van der Waals surface area contributed by atoms with E-state index in [0.717, 1.165) is 35.4 Å². The zero-order chi connectivity index (χ0) is 38.6. The molecular formula is C39H28F4IrN3O7. The molecule has 3 aromatic carbocycles. The summed E-state index contributed by atoms with van der Waals surface area (Å²) in [4.78, 5) is 37.0. The third kappa shape index (κ3) is 9.97. The summed E-state index contributed by atoms with van der Waals surface area (Å²) in [5.74, 6) is -7.59. The molecule has 1 aromatic heterocycles. The molecule has 54 heavy (non-hydrogen) atoms. The van der Waals surface area contributed by atoms with Gasteiger partial charge in [-0.1, -0.05) is 61.2 Å². The molecule has 2 unspecified atom stereocenters. The number of pyridine rings is 1. The van der Waals surface area contributed by atoms with E-state index in [1.165, 1.54) is 42.9 Å². The maximum Gasteiger partial charge on any atom is 3.00 e. The van der Waals surface area contributed by atoms with Crippen LogP contribution in [0.3, 0.4) is 0 Å². The summed E-state index contributed by atoms with van der Waals surface area (Å²) in [6.45, 7) is 3.94. The zero-order valence-corrected chi connectivity index (χ0v) is 30.2. The molecule has 15 heteroatoms. The van der Waals surface area contributed by atoms with Gasteiger partial charge < -0.3 is 45.1 Å². The van der Waals surface area contributed by atoms with Crippen LogP contribution in [-0.4, -0.2) is 22.9 Å². The Morgan fingerprint density at radius 2 is 1.24 bits per heavy atom. The number of nitrogens with one attached hydrogen (secondary N) is 2. The van der Waals surface area contributed by atoms with Gasteiger partial charge in [-0.2, -0.15) is 0 Å². The molecule has 0 bridgehead atoms. The Kier molecular flexibility index (Phi) is 14.8. The largest absolute Gasteiger partial charge is 3.00 e. The van der Waals surface area contributed by atoms with Crippen LogP contribution in [0.2, 0.25) is 0 Å². The number of halogens is 4. The molecule has 2 N–H and O–H groups in total. The average Bonchev–Trinajstić information content (AvgIpc) is 3.15. The molecule has 4 aromatic rings. The number of benzene rings is 3. The van der Waals surface area contributed by atoms with E-state index < -0.39 is 52.3 Å². The molecule has 2 atom stereocenters. The van der Waals surface area contributed by atoms with Gasteiger partial charge in [-0.3, -0.25) is 4.98 Å². The quantitative estimate of drug-likeness (QED) is 0.239. The first-order valence-corrected chi connectivity index (χ1v) is 15.4. The Bertz CT molecular complexity index is 2030. The number of aliphatic carboxylic acids is 2. The minimum Gasteiger partial charge on any atom is -0.547 e. The van der Waals surface area contributed by atoms with Gasteiger partial charge in [-0.15, -0.1) is 0 Å². The van der Waals surface area contributed by atoms with Gasteiger partial charge in [0.1, 0.15) is 52.4 Å². The van der Waals surface area contributed by atoms with Crippen LogP contribution < -0.4 is 30.7 Å². The van der Waals surface area contributed by atoms with E-state index in [0.29, 0.717) is 12.1 Å². The Hall–Kier alpha value is -6.31. The van der Waals surface area contributed by atoms with Gasteiger partial charge in [0.25, 0.3) is 0 Å². The van der Waals surface area contributed by atoms with Crippen molar-refractivity contribution in [2.45, 2.75) is 17.7 Å². The number of ether oxygens (including phenoxy) is 1. The molecule has 6 rings (SSSR count). The predicted molar refractivity (Wildman–Crippen MR) is 178 cm³/mol. The van der Waals surface area contributed by atoms with Crippen LogP contribution in [0.15, 0.2) is 134 Å². The number of dihydropyridines is 2. The number of allylic oxidation sites excluding steroid dienone is 4. The van der Waals surface area contributed by atoms with Crippen molar-refractivity contribution in [3.05, 3.63) is 186 Å². The van der Waals surface area contributed by atoms with E-state index in [1.807, 2.05) is 24.3 Å². The van der Waals surface area contributed by atoms with Crippen molar-refractivity contribution in [1.82, 2.24) is 15.6 Å². The van der Waals surface area contributed by atoms with Crippen molar-refractivity contribution in [3.8, 4) is 5.75 Å². The smallest absolute Gasteiger partial charge is 0.547 e. The third-order valence-corrected chi connectivity index (χ3v) is 7.66. The van der Waals surface area contributed by atoms with Crippen LogP contribution in [0.5, 0.6) is 5.75 Å². The fourth-order valence-corrected chi connectivity index (χ4v) is 4.97. The Morgan fingerprint density at radius 3 is 1.63 bits per heavy atom. The fraction of sp³-hybridized carbons (Fsp3) is 0.0769. The summed E-state index contributed by atoms with van der Waals surface area (Å²) in [5, 5.41) is 38.3. The van der Waals surface area contributed by atoms with Crippen molar-refractivity contribution in [2.75, 3.05) is 0 Å². The number of hydrogen-bond donors (Lipinski definition) is 2. The van der Waals surface area contributed by atoms with Crippen molar-refractivity contribution >= 4 is 24.0 Å².